The van der Waals surface area contributed by atoms with Gasteiger partial charge in [-0.05, 0) is 12.3 Å². The summed E-state index contributed by atoms with van der Waals surface area (Å²) < 4.78 is 1.91. The summed E-state index contributed by atoms with van der Waals surface area (Å²) >= 11 is 0. The average molecular weight is 204 g/mol. The molecule has 0 saturated heterocycles. The number of aromatic nitrogens is 5. The number of rotatable bonds is 2. The Bertz CT molecular complexity index is 504. The SMILES string of the molecule is CNc1ncnc2c1nnn2C1CC1C. The van der Waals surface area contributed by atoms with Gasteiger partial charge < -0.3 is 5.32 Å². The maximum Gasteiger partial charge on any atom is 0.184 e. The normalized spacial score (nSPS) is 24.4. The number of anilines is 1. The molecular weight excluding hydrogens is 192 g/mol. The Morgan fingerprint density at radius 3 is 2.93 bits per heavy atom. The lowest BCUT2D eigenvalue weighted by Crippen LogP contribution is -2.00. The smallest absolute Gasteiger partial charge is 0.184 e. The Hall–Kier alpha value is -1.72. The lowest BCUT2D eigenvalue weighted by molar-refractivity contribution is 0.592. The minimum atomic E-state index is 0.467. The van der Waals surface area contributed by atoms with E-state index in [0.29, 0.717) is 12.0 Å². The van der Waals surface area contributed by atoms with Crippen LogP contribution in [0.15, 0.2) is 6.33 Å². The van der Waals surface area contributed by atoms with Crippen molar-refractivity contribution in [1.82, 2.24) is 25.0 Å². The fraction of sp³-hybridized carbons (Fsp3) is 0.556. The van der Waals surface area contributed by atoms with Gasteiger partial charge >= 0.3 is 0 Å². The number of fused-ring (bicyclic) bond motifs is 1. The summed E-state index contributed by atoms with van der Waals surface area (Å²) in [7, 11) is 1.82. The Morgan fingerprint density at radius 2 is 2.27 bits per heavy atom. The second-order valence-corrected chi connectivity index (χ2v) is 3.96. The second kappa shape index (κ2) is 2.88. The van der Waals surface area contributed by atoms with Crippen LogP contribution in [-0.2, 0) is 0 Å². The van der Waals surface area contributed by atoms with Crippen LogP contribution in [0.25, 0.3) is 11.2 Å². The molecule has 1 N–H and O–H groups in total. The highest BCUT2D eigenvalue weighted by atomic mass is 15.5. The first-order chi connectivity index (χ1) is 7.31. The lowest BCUT2D eigenvalue weighted by Gasteiger charge is -1.99. The maximum absolute atomic E-state index is 4.23. The largest absolute Gasteiger partial charge is 0.371 e. The maximum atomic E-state index is 4.23. The van der Waals surface area contributed by atoms with Crippen LogP contribution < -0.4 is 5.32 Å². The molecule has 2 heterocycles. The molecule has 1 saturated carbocycles. The molecule has 0 amide bonds. The molecule has 2 aromatic rings. The Morgan fingerprint density at radius 1 is 1.47 bits per heavy atom. The highest BCUT2D eigenvalue weighted by Crippen LogP contribution is 2.43. The van der Waals surface area contributed by atoms with E-state index in [2.05, 4.69) is 32.5 Å². The summed E-state index contributed by atoms with van der Waals surface area (Å²) in [6.07, 6.45) is 2.71. The fourth-order valence-electron chi connectivity index (χ4n) is 1.81. The standard InChI is InChI=1S/C9H12N6/c1-5-3-6(5)15-9-7(13-14-15)8(10-2)11-4-12-9/h4-6H,3H2,1-2H3,(H,10,11,12). The highest BCUT2D eigenvalue weighted by molar-refractivity contribution is 5.81. The van der Waals surface area contributed by atoms with Gasteiger partial charge in [0.2, 0.25) is 0 Å². The van der Waals surface area contributed by atoms with Crippen molar-refractivity contribution in [1.29, 1.82) is 0 Å². The summed E-state index contributed by atoms with van der Waals surface area (Å²) in [5.41, 5.74) is 1.57. The topological polar surface area (TPSA) is 68.5 Å². The van der Waals surface area contributed by atoms with Gasteiger partial charge in [-0.1, -0.05) is 12.1 Å². The van der Waals surface area contributed by atoms with Gasteiger partial charge in [0.25, 0.3) is 0 Å². The highest BCUT2D eigenvalue weighted by Gasteiger charge is 2.37. The first kappa shape index (κ1) is 8.58. The molecule has 1 aliphatic carbocycles. The van der Waals surface area contributed by atoms with E-state index in [-0.39, 0.29) is 0 Å². The van der Waals surface area contributed by atoms with Crippen LogP contribution >= 0.6 is 0 Å². The van der Waals surface area contributed by atoms with E-state index >= 15 is 0 Å². The average Bonchev–Trinajstić information content (AvgIpc) is 2.82. The molecule has 2 unspecified atom stereocenters. The van der Waals surface area contributed by atoms with Gasteiger partial charge in [0, 0.05) is 7.05 Å². The van der Waals surface area contributed by atoms with Crippen molar-refractivity contribution >= 4 is 17.0 Å². The molecule has 3 rings (SSSR count). The van der Waals surface area contributed by atoms with Crippen LogP contribution in [-0.4, -0.2) is 32.0 Å². The molecule has 6 heteroatoms. The van der Waals surface area contributed by atoms with Crippen molar-refractivity contribution in [3.05, 3.63) is 6.33 Å². The van der Waals surface area contributed by atoms with E-state index in [4.69, 9.17) is 0 Å². The Kier molecular flexibility index (Phi) is 1.65. The summed E-state index contributed by atoms with van der Waals surface area (Å²) in [6.45, 7) is 2.21. The van der Waals surface area contributed by atoms with Crippen molar-refractivity contribution in [2.24, 2.45) is 5.92 Å². The third kappa shape index (κ3) is 1.17. The lowest BCUT2D eigenvalue weighted by atomic mass is 10.4. The van der Waals surface area contributed by atoms with E-state index in [1.54, 1.807) is 6.33 Å². The molecule has 0 radical (unpaired) electrons. The van der Waals surface area contributed by atoms with Crippen molar-refractivity contribution in [2.75, 3.05) is 12.4 Å². The van der Waals surface area contributed by atoms with E-state index in [0.717, 1.165) is 23.4 Å². The summed E-state index contributed by atoms with van der Waals surface area (Å²) in [4.78, 5) is 8.33. The van der Waals surface area contributed by atoms with E-state index in [1.165, 1.54) is 0 Å². The monoisotopic (exact) mass is 204 g/mol. The third-order valence-corrected chi connectivity index (χ3v) is 2.88. The van der Waals surface area contributed by atoms with Gasteiger partial charge in [-0.15, -0.1) is 5.10 Å². The number of hydrogen-bond acceptors (Lipinski definition) is 5. The fourth-order valence-corrected chi connectivity index (χ4v) is 1.81. The zero-order valence-electron chi connectivity index (χ0n) is 8.68. The van der Waals surface area contributed by atoms with Gasteiger partial charge in [-0.3, -0.25) is 0 Å². The second-order valence-electron chi connectivity index (χ2n) is 3.96. The Balaban J connectivity index is 2.18. The molecule has 78 valence electrons. The predicted octanol–water partition coefficient (Wildman–Crippen LogP) is 0.844. The van der Waals surface area contributed by atoms with E-state index < -0.39 is 0 Å². The van der Waals surface area contributed by atoms with Gasteiger partial charge in [0.05, 0.1) is 6.04 Å². The van der Waals surface area contributed by atoms with E-state index in [1.807, 2.05) is 11.7 Å². The molecule has 0 aliphatic heterocycles. The van der Waals surface area contributed by atoms with Gasteiger partial charge in [0.15, 0.2) is 17.0 Å². The van der Waals surface area contributed by atoms with E-state index in [9.17, 15) is 0 Å². The summed E-state index contributed by atoms with van der Waals surface area (Å²) in [5, 5.41) is 11.2. The van der Waals surface area contributed by atoms with Crippen LogP contribution in [0, 0.1) is 5.92 Å². The molecule has 0 aromatic carbocycles. The first-order valence-corrected chi connectivity index (χ1v) is 5.05. The molecular formula is C9H12N6. The number of nitrogens with one attached hydrogen (secondary N) is 1. The molecule has 0 bridgehead atoms. The molecule has 1 aliphatic rings. The quantitative estimate of drug-likeness (QED) is 0.785. The summed E-state index contributed by atoms with van der Waals surface area (Å²) in [5.74, 6) is 1.42. The van der Waals surface area contributed by atoms with Gasteiger partial charge in [-0.25, -0.2) is 14.6 Å². The van der Waals surface area contributed by atoms with Crippen LogP contribution in [0.2, 0.25) is 0 Å². The van der Waals surface area contributed by atoms with Gasteiger partial charge in [-0.2, -0.15) is 0 Å². The van der Waals surface area contributed by atoms with Crippen LogP contribution in [0.3, 0.4) is 0 Å². The Labute approximate surface area is 86.7 Å². The predicted molar refractivity (Wildman–Crippen MR) is 55.5 cm³/mol. The summed E-state index contributed by atoms with van der Waals surface area (Å²) in [6, 6.07) is 0.467. The van der Waals surface area contributed by atoms with Crippen molar-refractivity contribution in [3.63, 3.8) is 0 Å². The van der Waals surface area contributed by atoms with Crippen molar-refractivity contribution in [2.45, 2.75) is 19.4 Å². The minimum Gasteiger partial charge on any atom is -0.371 e. The minimum absolute atomic E-state index is 0.467. The molecule has 2 aromatic heterocycles. The van der Waals surface area contributed by atoms with Crippen LogP contribution in [0.4, 0.5) is 5.82 Å². The van der Waals surface area contributed by atoms with Crippen LogP contribution in [0.1, 0.15) is 19.4 Å². The number of hydrogen-bond donors (Lipinski definition) is 1. The molecule has 6 nitrogen and oxygen atoms in total. The van der Waals surface area contributed by atoms with Gasteiger partial charge in [0.1, 0.15) is 6.33 Å². The molecule has 0 spiro atoms. The van der Waals surface area contributed by atoms with Crippen LogP contribution in [0.5, 0.6) is 0 Å². The zero-order valence-corrected chi connectivity index (χ0v) is 8.68. The van der Waals surface area contributed by atoms with Crippen molar-refractivity contribution in [3.8, 4) is 0 Å². The first-order valence-electron chi connectivity index (χ1n) is 5.05. The number of nitrogens with zero attached hydrogens (tertiary/aromatic N) is 5. The molecule has 1 fully saturated rings. The molecule has 15 heavy (non-hydrogen) atoms. The third-order valence-electron chi connectivity index (χ3n) is 2.88. The zero-order chi connectivity index (χ0) is 10.4. The molecule has 2 atom stereocenters. The van der Waals surface area contributed by atoms with Crippen molar-refractivity contribution < 1.29 is 0 Å².